The fourth-order valence-corrected chi connectivity index (χ4v) is 4.35. The molecule has 5 nitrogen and oxygen atoms in total. The van der Waals surface area contributed by atoms with Crippen molar-refractivity contribution >= 4 is 11.7 Å². The molecule has 166 valence electrons. The first-order valence-electron chi connectivity index (χ1n) is 11.5. The third-order valence-corrected chi connectivity index (χ3v) is 6.47. The van der Waals surface area contributed by atoms with Gasteiger partial charge in [0.1, 0.15) is 5.82 Å². The summed E-state index contributed by atoms with van der Waals surface area (Å²) in [6, 6.07) is 18.5. The van der Waals surface area contributed by atoms with Gasteiger partial charge in [-0.3, -0.25) is 4.79 Å². The Kier molecular flexibility index (Phi) is 6.54. The van der Waals surface area contributed by atoms with Crippen molar-refractivity contribution in [3.63, 3.8) is 0 Å². The maximum atomic E-state index is 13.2. The summed E-state index contributed by atoms with van der Waals surface area (Å²) in [5.41, 5.74) is 5.46. The molecular formula is C27H32N4O. The Labute approximate surface area is 191 Å². The summed E-state index contributed by atoms with van der Waals surface area (Å²) in [6.07, 6.45) is 0.813. The molecule has 1 amide bonds. The van der Waals surface area contributed by atoms with E-state index in [2.05, 4.69) is 62.1 Å². The van der Waals surface area contributed by atoms with E-state index in [0.717, 1.165) is 53.5 Å². The summed E-state index contributed by atoms with van der Waals surface area (Å²) in [5, 5.41) is 0. The molecule has 1 aliphatic heterocycles. The molecule has 0 N–H and O–H groups in total. The molecule has 5 heteroatoms. The van der Waals surface area contributed by atoms with E-state index in [1.165, 1.54) is 5.56 Å². The number of nitrogens with zero attached hydrogens (tertiary/aromatic N) is 4. The molecule has 1 saturated heterocycles. The standard InChI is InChI=1S/C27H32N4O/c1-5-24(22-9-7-6-8-10-22)27(32)31-17-15-30(16-18-31)26-20(3)21(4)28-25(29-26)23-13-11-19(2)12-14-23/h6-14,24H,5,15-18H2,1-4H3/t24-/m1/s1. The summed E-state index contributed by atoms with van der Waals surface area (Å²) in [7, 11) is 0. The number of amides is 1. The van der Waals surface area contributed by atoms with E-state index in [9.17, 15) is 4.79 Å². The number of carbonyl (C=O) groups is 1. The number of piperazine rings is 1. The van der Waals surface area contributed by atoms with Crippen molar-refractivity contribution in [2.45, 2.75) is 40.0 Å². The van der Waals surface area contributed by atoms with Gasteiger partial charge in [-0.25, -0.2) is 9.97 Å². The van der Waals surface area contributed by atoms with Crippen molar-refractivity contribution < 1.29 is 4.79 Å². The van der Waals surface area contributed by atoms with Crippen LogP contribution in [0.4, 0.5) is 5.82 Å². The number of carbonyl (C=O) groups excluding carboxylic acids is 1. The summed E-state index contributed by atoms with van der Waals surface area (Å²) in [4.78, 5) is 27.2. The average molecular weight is 429 g/mol. The monoisotopic (exact) mass is 428 g/mol. The molecule has 1 atom stereocenters. The van der Waals surface area contributed by atoms with E-state index in [1.54, 1.807) is 0 Å². The first-order valence-corrected chi connectivity index (χ1v) is 11.5. The summed E-state index contributed by atoms with van der Waals surface area (Å²) in [6.45, 7) is 11.3. The van der Waals surface area contributed by atoms with E-state index in [-0.39, 0.29) is 11.8 Å². The highest BCUT2D eigenvalue weighted by Gasteiger charge is 2.28. The normalized spacial score (nSPS) is 15.0. The molecule has 4 rings (SSSR count). The Morgan fingerprint density at radius 3 is 2.19 bits per heavy atom. The molecule has 32 heavy (non-hydrogen) atoms. The topological polar surface area (TPSA) is 49.3 Å². The van der Waals surface area contributed by atoms with Crippen LogP contribution in [-0.2, 0) is 4.79 Å². The molecule has 0 aliphatic carbocycles. The number of anilines is 1. The third-order valence-electron chi connectivity index (χ3n) is 6.47. The molecule has 0 bridgehead atoms. The predicted octanol–water partition coefficient (Wildman–Crippen LogP) is 4.91. The van der Waals surface area contributed by atoms with E-state index < -0.39 is 0 Å². The van der Waals surface area contributed by atoms with E-state index in [4.69, 9.17) is 9.97 Å². The Morgan fingerprint density at radius 1 is 0.906 bits per heavy atom. The number of benzene rings is 2. The second-order valence-corrected chi connectivity index (χ2v) is 8.63. The quantitative estimate of drug-likeness (QED) is 0.579. The van der Waals surface area contributed by atoms with Crippen LogP contribution < -0.4 is 4.90 Å². The lowest BCUT2D eigenvalue weighted by molar-refractivity contribution is -0.133. The second-order valence-electron chi connectivity index (χ2n) is 8.63. The van der Waals surface area contributed by atoms with Gasteiger partial charge in [0.15, 0.2) is 5.82 Å². The molecule has 1 aliphatic rings. The van der Waals surface area contributed by atoms with E-state index in [1.807, 2.05) is 30.0 Å². The van der Waals surface area contributed by atoms with Crippen LogP contribution in [0.1, 0.15) is 41.6 Å². The van der Waals surface area contributed by atoms with Crippen molar-refractivity contribution in [3.05, 3.63) is 77.0 Å². The molecule has 1 aromatic heterocycles. The maximum absolute atomic E-state index is 13.2. The lowest BCUT2D eigenvalue weighted by Crippen LogP contribution is -2.50. The molecule has 0 spiro atoms. The van der Waals surface area contributed by atoms with Gasteiger partial charge < -0.3 is 9.80 Å². The van der Waals surface area contributed by atoms with Crippen molar-refractivity contribution in [3.8, 4) is 11.4 Å². The third kappa shape index (κ3) is 4.52. The van der Waals surface area contributed by atoms with Crippen LogP contribution in [0.5, 0.6) is 0 Å². The highest BCUT2D eigenvalue weighted by molar-refractivity contribution is 5.84. The van der Waals surface area contributed by atoms with Crippen molar-refractivity contribution in [2.24, 2.45) is 0 Å². The minimum absolute atomic E-state index is 0.0704. The van der Waals surface area contributed by atoms with E-state index in [0.29, 0.717) is 13.1 Å². The van der Waals surface area contributed by atoms with Crippen molar-refractivity contribution in [2.75, 3.05) is 31.1 Å². The van der Waals surface area contributed by atoms with Gasteiger partial charge in [-0.2, -0.15) is 0 Å². The van der Waals surface area contributed by atoms with Gasteiger partial charge >= 0.3 is 0 Å². The molecule has 2 heterocycles. The van der Waals surface area contributed by atoms with Gasteiger partial charge in [0.25, 0.3) is 0 Å². The molecule has 3 aromatic rings. The maximum Gasteiger partial charge on any atom is 0.230 e. The SMILES string of the molecule is CC[C@@H](C(=O)N1CCN(c2nc(-c3ccc(C)cc3)nc(C)c2C)CC1)c1ccccc1. The van der Waals surface area contributed by atoms with Crippen molar-refractivity contribution in [1.82, 2.24) is 14.9 Å². The van der Waals surface area contributed by atoms with Crippen LogP contribution in [0.2, 0.25) is 0 Å². The molecule has 0 radical (unpaired) electrons. The number of aryl methyl sites for hydroxylation is 2. The van der Waals surface area contributed by atoms with Gasteiger partial charge in [-0.05, 0) is 32.8 Å². The minimum atomic E-state index is -0.0704. The molecular weight excluding hydrogens is 396 g/mol. The summed E-state index contributed by atoms with van der Waals surface area (Å²) in [5.74, 6) is 1.90. The number of rotatable bonds is 5. The Morgan fingerprint density at radius 2 is 1.56 bits per heavy atom. The van der Waals surface area contributed by atoms with Gasteiger partial charge in [-0.15, -0.1) is 0 Å². The summed E-state index contributed by atoms with van der Waals surface area (Å²) < 4.78 is 0. The Bertz CT molecular complexity index is 1070. The zero-order chi connectivity index (χ0) is 22.7. The highest BCUT2D eigenvalue weighted by Crippen LogP contribution is 2.27. The minimum Gasteiger partial charge on any atom is -0.353 e. The summed E-state index contributed by atoms with van der Waals surface area (Å²) >= 11 is 0. The van der Waals surface area contributed by atoms with Crippen LogP contribution in [-0.4, -0.2) is 47.0 Å². The lowest BCUT2D eigenvalue weighted by atomic mass is 9.95. The Hall–Kier alpha value is -3.21. The van der Waals surface area contributed by atoms with Gasteiger partial charge in [0.05, 0.1) is 5.92 Å². The predicted molar refractivity (Wildman–Crippen MR) is 130 cm³/mol. The van der Waals surface area contributed by atoms with Crippen LogP contribution >= 0.6 is 0 Å². The first-order chi connectivity index (χ1) is 15.5. The largest absolute Gasteiger partial charge is 0.353 e. The van der Waals surface area contributed by atoms with E-state index >= 15 is 0 Å². The number of aromatic nitrogens is 2. The second kappa shape index (κ2) is 9.51. The van der Waals surface area contributed by atoms with Gasteiger partial charge in [0, 0.05) is 43.0 Å². The zero-order valence-corrected chi connectivity index (χ0v) is 19.5. The zero-order valence-electron chi connectivity index (χ0n) is 19.5. The fourth-order valence-electron chi connectivity index (χ4n) is 4.35. The number of hydrogen-bond donors (Lipinski definition) is 0. The molecule has 2 aromatic carbocycles. The van der Waals surface area contributed by atoms with Gasteiger partial charge in [-0.1, -0.05) is 67.1 Å². The average Bonchev–Trinajstić information content (AvgIpc) is 2.82. The molecule has 0 unspecified atom stereocenters. The lowest BCUT2D eigenvalue weighted by Gasteiger charge is -2.37. The fraction of sp³-hybridized carbons (Fsp3) is 0.370. The van der Waals surface area contributed by atoms with Crippen LogP contribution in [0.25, 0.3) is 11.4 Å². The number of hydrogen-bond acceptors (Lipinski definition) is 4. The molecule has 1 fully saturated rings. The molecule has 0 saturated carbocycles. The highest BCUT2D eigenvalue weighted by atomic mass is 16.2. The van der Waals surface area contributed by atoms with Gasteiger partial charge in [0.2, 0.25) is 5.91 Å². The van der Waals surface area contributed by atoms with Crippen LogP contribution in [0.3, 0.4) is 0 Å². The van der Waals surface area contributed by atoms with Crippen LogP contribution in [0.15, 0.2) is 54.6 Å². The Balaban J connectivity index is 1.50. The first kappa shape index (κ1) is 22.0. The van der Waals surface area contributed by atoms with Crippen LogP contribution in [0, 0.1) is 20.8 Å². The van der Waals surface area contributed by atoms with Crippen molar-refractivity contribution in [1.29, 1.82) is 0 Å². The smallest absolute Gasteiger partial charge is 0.230 e.